The average Bonchev–Trinajstić information content (AvgIpc) is 3.16. The van der Waals surface area contributed by atoms with Crippen molar-refractivity contribution in [2.75, 3.05) is 13.7 Å². The summed E-state index contributed by atoms with van der Waals surface area (Å²) in [6, 6.07) is 13.2. The Morgan fingerprint density at radius 1 is 1.31 bits per heavy atom. The molecule has 154 valence electrons. The summed E-state index contributed by atoms with van der Waals surface area (Å²) in [6.45, 7) is 3.98. The van der Waals surface area contributed by atoms with E-state index in [1.807, 2.05) is 31.2 Å². The molecule has 0 aliphatic carbocycles. The quantitative estimate of drug-likeness (QED) is 0.707. The molecule has 2 aromatic rings. The van der Waals surface area contributed by atoms with Crippen LogP contribution in [0.4, 0.5) is 0 Å². The van der Waals surface area contributed by atoms with E-state index in [0.717, 1.165) is 22.6 Å². The molecule has 0 saturated heterocycles. The van der Waals surface area contributed by atoms with Gasteiger partial charge in [-0.15, -0.1) is 0 Å². The van der Waals surface area contributed by atoms with Crippen LogP contribution in [0.3, 0.4) is 0 Å². The number of methoxy groups -OCH3 is 1. The molecule has 2 aromatic carbocycles. The van der Waals surface area contributed by atoms with Crippen LogP contribution in [0.25, 0.3) is 0 Å². The van der Waals surface area contributed by atoms with E-state index >= 15 is 0 Å². The minimum Gasteiger partial charge on any atom is -0.497 e. The monoisotopic (exact) mass is 416 g/mol. The van der Waals surface area contributed by atoms with Crippen molar-refractivity contribution in [2.45, 2.75) is 38.9 Å². The summed E-state index contributed by atoms with van der Waals surface area (Å²) in [6.07, 6.45) is 0.592. The summed E-state index contributed by atoms with van der Waals surface area (Å²) in [5.41, 5.74) is 2.97. The summed E-state index contributed by atoms with van der Waals surface area (Å²) < 4.78 is 10.9. The van der Waals surface area contributed by atoms with Crippen LogP contribution in [0.5, 0.6) is 11.5 Å². The number of carbonyl (C=O) groups excluding carboxylic acids is 1. The molecule has 6 nitrogen and oxygen atoms in total. The molecule has 0 fully saturated rings. The van der Waals surface area contributed by atoms with Gasteiger partial charge in [-0.3, -0.25) is 4.79 Å². The zero-order chi connectivity index (χ0) is 20.8. The third-order valence-corrected chi connectivity index (χ3v) is 4.91. The van der Waals surface area contributed by atoms with E-state index in [2.05, 4.69) is 10.5 Å². The number of ether oxygens (including phenoxy) is 2. The van der Waals surface area contributed by atoms with Crippen LogP contribution < -0.4 is 14.8 Å². The molecule has 7 heteroatoms. The van der Waals surface area contributed by atoms with Crippen LogP contribution in [-0.2, 0) is 16.1 Å². The van der Waals surface area contributed by atoms with Crippen LogP contribution in [0, 0.1) is 6.92 Å². The Morgan fingerprint density at radius 2 is 2.07 bits per heavy atom. The smallest absolute Gasteiger partial charge is 0.260 e. The first-order chi connectivity index (χ1) is 13.9. The Balaban J connectivity index is 1.42. The molecule has 0 bridgehead atoms. The van der Waals surface area contributed by atoms with Crippen molar-refractivity contribution in [1.82, 2.24) is 5.32 Å². The highest BCUT2D eigenvalue weighted by molar-refractivity contribution is 6.30. The Kier molecular flexibility index (Phi) is 6.99. The highest BCUT2D eigenvalue weighted by Crippen LogP contribution is 2.23. The van der Waals surface area contributed by atoms with Gasteiger partial charge in [0.15, 0.2) is 6.10 Å². The molecule has 1 aliphatic heterocycles. The standard InChI is InChI=1S/C22H25ClN2O4/c1-14-10-17(23)6-9-21(14)28-15(2)22(26)24-13-20-12-18(25-29-20)11-16-4-7-19(27-3)8-5-16/h4-10,15,20H,11-13H2,1-3H3,(H,24,26). The normalized spacial score (nSPS) is 16.6. The fourth-order valence-corrected chi connectivity index (χ4v) is 3.25. The number of hydrogen-bond acceptors (Lipinski definition) is 5. The molecule has 3 rings (SSSR count). The molecule has 2 unspecified atom stereocenters. The molecule has 2 atom stereocenters. The number of carbonyl (C=O) groups is 1. The highest BCUT2D eigenvalue weighted by Gasteiger charge is 2.23. The van der Waals surface area contributed by atoms with Crippen molar-refractivity contribution in [3.63, 3.8) is 0 Å². The Labute approximate surface area is 175 Å². The van der Waals surface area contributed by atoms with Crippen LogP contribution in [0.1, 0.15) is 24.5 Å². The van der Waals surface area contributed by atoms with Gasteiger partial charge in [-0.1, -0.05) is 28.9 Å². The van der Waals surface area contributed by atoms with Crippen LogP contribution in [-0.4, -0.2) is 37.5 Å². The minimum absolute atomic E-state index is 0.170. The summed E-state index contributed by atoms with van der Waals surface area (Å²) >= 11 is 5.95. The zero-order valence-corrected chi connectivity index (χ0v) is 17.5. The molecule has 0 spiro atoms. The predicted octanol–water partition coefficient (Wildman–Crippen LogP) is 3.93. The summed E-state index contributed by atoms with van der Waals surface area (Å²) in [7, 11) is 1.64. The van der Waals surface area contributed by atoms with Crippen molar-refractivity contribution in [3.8, 4) is 11.5 Å². The lowest BCUT2D eigenvalue weighted by Gasteiger charge is -2.17. The first-order valence-electron chi connectivity index (χ1n) is 9.49. The van der Waals surface area contributed by atoms with Crippen LogP contribution in [0.2, 0.25) is 5.02 Å². The maximum Gasteiger partial charge on any atom is 0.260 e. The maximum atomic E-state index is 12.3. The van der Waals surface area contributed by atoms with Gasteiger partial charge in [0.2, 0.25) is 0 Å². The molecule has 1 amide bonds. The zero-order valence-electron chi connectivity index (χ0n) is 16.8. The molecular formula is C22H25ClN2O4. The van der Waals surface area contributed by atoms with E-state index < -0.39 is 6.10 Å². The first kappa shape index (κ1) is 21.0. The van der Waals surface area contributed by atoms with Gasteiger partial charge < -0.3 is 19.6 Å². The fraction of sp³-hybridized carbons (Fsp3) is 0.364. The maximum absolute atomic E-state index is 12.3. The van der Waals surface area contributed by atoms with E-state index in [9.17, 15) is 4.79 Å². The molecular weight excluding hydrogens is 392 g/mol. The van der Waals surface area contributed by atoms with Gasteiger partial charge in [-0.05, 0) is 55.3 Å². The molecule has 0 aromatic heterocycles. The number of amides is 1. The molecule has 29 heavy (non-hydrogen) atoms. The number of nitrogens with zero attached hydrogens (tertiary/aromatic N) is 1. The summed E-state index contributed by atoms with van der Waals surface area (Å²) in [5.74, 6) is 1.26. The van der Waals surface area contributed by atoms with Crippen LogP contribution in [0.15, 0.2) is 47.6 Å². The fourth-order valence-electron chi connectivity index (χ4n) is 3.03. The molecule has 0 radical (unpaired) electrons. The van der Waals surface area contributed by atoms with Gasteiger partial charge in [-0.25, -0.2) is 0 Å². The van der Waals surface area contributed by atoms with E-state index in [0.29, 0.717) is 30.2 Å². The lowest BCUT2D eigenvalue weighted by Crippen LogP contribution is -2.40. The summed E-state index contributed by atoms with van der Waals surface area (Å²) in [4.78, 5) is 17.8. The number of oxime groups is 1. The SMILES string of the molecule is COc1ccc(CC2=NOC(CNC(=O)C(C)Oc3ccc(Cl)cc3C)C2)cc1. The summed E-state index contributed by atoms with van der Waals surface area (Å²) in [5, 5.41) is 7.66. The second-order valence-electron chi connectivity index (χ2n) is 7.03. The third kappa shape index (κ3) is 5.87. The highest BCUT2D eigenvalue weighted by atomic mass is 35.5. The van der Waals surface area contributed by atoms with Crippen LogP contribution >= 0.6 is 11.6 Å². The van der Waals surface area contributed by atoms with Gasteiger partial charge in [0.1, 0.15) is 17.6 Å². The number of benzene rings is 2. The van der Waals surface area contributed by atoms with E-state index in [1.54, 1.807) is 32.2 Å². The van der Waals surface area contributed by atoms with Crippen molar-refractivity contribution in [2.24, 2.45) is 5.16 Å². The topological polar surface area (TPSA) is 69.2 Å². The molecule has 1 heterocycles. The van der Waals surface area contributed by atoms with Crippen molar-refractivity contribution < 1.29 is 19.1 Å². The van der Waals surface area contributed by atoms with Gasteiger partial charge in [0.05, 0.1) is 19.4 Å². The van der Waals surface area contributed by atoms with Gasteiger partial charge >= 0.3 is 0 Å². The number of rotatable bonds is 8. The second-order valence-corrected chi connectivity index (χ2v) is 7.47. The molecule has 1 N–H and O–H groups in total. The Hall–Kier alpha value is -2.73. The number of aryl methyl sites for hydroxylation is 1. The van der Waals surface area contributed by atoms with E-state index in [1.165, 1.54) is 0 Å². The Morgan fingerprint density at radius 3 is 2.76 bits per heavy atom. The van der Waals surface area contributed by atoms with E-state index in [-0.39, 0.29) is 12.0 Å². The minimum atomic E-state index is -0.629. The molecule has 1 aliphatic rings. The lowest BCUT2D eigenvalue weighted by atomic mass is 10.0. The largest absolute Gasteiger partial charge is 0.497 e. The molecule has 0 saturated carbocycles. The lowest BCUT2D eigenvalue weighted by molar-refractivity contribution is -0.127. The third-order valence-electron chi connectivity index (χ3n) is 4.68. The average molecular weight is 417 g/mol. The Bertz CT molecular complexity index is 883. The number of hydrogen-bond donors (Lipinski definition) is 1. The van der Waals surface area contributed by atoms with Gasteiger partial charge in [0.25, 0.3) is 5.91 Å². The number of halogens is 1. The number of nitrogens with one attached hydrogen (secondary N) is 1. The predicted molar refractivity (Wildman–Crippen MR) is 113 cm³/mol. The second kappa shape index (κ2) is 9.65. The first-order valence-corrected chi connectivity index (χ1v) is 9.87. The van der Waals surface area contributed by atoms with Gasteiger partial charge in [-0.2, -0.15) is 0 Å². The van der Waals surface area contributed by atoms with Crippen molar-refractivity contribution >= 4 is 23.2 Å². The van der Waals surface area contributed by atoms with E-state index in [4.69, 9.17) is 25.9 Å². The van der Waals surface area contributed by atoms with Crippen molar-refractivity contribution in [1.29, 1.82) is 0 Å². The van der Waals surface area contributed by atoms with Gasteiger partial charge in [0, 0.05) is 17.9 Å². The van der Waals surface area contributed by atoms with Crippen molar-refractivity contribution in [3.05, 3.63) is 58.6 Å².